The first kappa shape index (κ1) is 26.3. The number of hydrogen-bond donors (Lipinski definition) is 1. The fourth-order valence-corrected chi connectivity index (χ4v) is 7.44. The zero-order valence-corrected chi connectivity index (χ0v) is 23.3. The summed E-state index contributed by atoms with van der Waals surface area (Å²) < 4.78 is 33.9. The van der Waals surface area contributed by atoms with Gasteiger partial charge < -0.3 is 14.7 Å². The molecular weight excluding hydrogens is 524 g/mol. The van der Waals surface area contributed by atoms with E-state index in [9.17, 15) is 9.50 Å². The molecule has 1 aliphatic carbocycles. The molecule has 2 aromatic carbocycles. The minimum atomic E-state index is -0.541. The Morgan fingerprint density at radius 1 is 0.976 bits per heavy atom. The van der Waals surface area contributed by atoms with E-state index >= 15 is 4.39 Å². The quantitative estimate of drug-likeness (QED) is 0.324. The molecule has 4 aliphatic rings. The van der Waals surface area contributed by atoms with E-state index in [1.165, 1.54) is 39.2 Å². The fraction of sp³-hybridized carbons (Fsp3) is 0.469. The summed E-state index contributed by atoms with van der Waals surface area (Å²) >= 11 is 0. The van der Waals surface area contributed by atoms with Crippen LogP contribution in [0.2, 0.25) is 0 Å². The minimum absolute atomic E-state index is 0.0599. The molecule has 3 aliphatic heterocycles. The summed E-state index contributed by atoms with van der Waals surface area (Å²) in [5.74, 6) is 1.51. The van der Waals surface area contributed by atoms with Crippen LogP contribution < -0.4 is 9.64 Å². The van der Waals surface area contributed by atoms with Crippen LogP contribution >= 0.6 is 0 Å². The molecule has 1 saturated carbocycles. The summed E-state index contributed by atoms with van der Waals surface area (Å²) in [5.41, 5.74) is 0.854. The molecule has 2 bridgehead atoms. The Morgan fingerprint density at radius 2 is 1.78 bits per heavy atom. The molecule has 0 spiro atoms. The monoisotopic (exact) mass is 559 g/mol. The molecule has 4 aromatic rings. The third-order valence-corrected chi connectivity index (χ3v) is 9.29. The van der Waals surface area contributed by atoms with Crippen LogP contribution in [0.3, 0.4) is 0 Å². The van der Waals surface area contributed by atoms with Gasteiger partial charge in [0.25, 0.3) is 0 Å². The Bertz CT molecular complexity index is 1580. The lowest BCUT2D eigenvalue weighted by Crippen LogP contribution is -2.37. The highest BCUT2D eigenvalue weighted by Gasteiger charge is 2.35. The Labute approximate surface area is 238 Å². The topological polar surface area (TPSA) is 74.6 Å². The number of phenolic OH excluding ortho intramolecular Hbond substituents is 1. The summed E-state index contributed by atoms with van der Waals surface area (Å²) in [4.78, 5) is 18.0. The first-order chi connectivity index (χ1) is 20.0. The number of hydrogen-bond acceptors (Lipinski definition) is 7. The van der Waals surface area contributed by atoms with Gasteiger partial charge in [0.15, 0.2) is 5.82 Å². The van der Waals surface area contributed by atoms with E-state index in [0.29, 0.717) is 41.2 Å². The van der Waals surface area contributed by atoms with Crippen LogP contribution in [0.4, 0.5) is 14.6 Å². The van der Waals surface area contributed by atoms with Crippen molar-refractivity contribution >= 4 is 27.5 Å². The van der Waals surface area contributed by atoms with E-state index in [2.05, 4.69) is 24.8 Å². The van der Waals surface area contributed by atoms with Crippen molar-refractivity contribution in [2.24, 2.45) is 11.8 Å². The lowest BCUT2D eigenvalue weighted by atomic mass is 9.98. The zero-order chi connectivity index (χ0) is 28.1. The van der Waals surface area contributed by atoms with Crippen molar-refractivity contribution < 1.29 is 18.6 Å². The van der Waals surface area contributed by atoms with Crippen LogP contribution in [-0.2, 0) is 0 Å². The van der Waals surface area contributed by atoms with Crippen LogP contribution in [0.5, 0.6) is 11.8 Å². The van der Waals surface area contributed by atoms with E-state index in [1.807, 2.05) is 24.3 Å². The lowest BCUT2D eigenvalue weighted by Gasteiger charge is -2.33. The molecule has 41 heavy (non-hydrogen) atoms. The first-order valence-electron chi connectivity index (χ1n) is 14.7. The highest BCUT2D eigenvalue weighted by Crippen LogP contribution is 2.41. The summed E-state index contributed by atoms with van der Waals surface area (Å²) in [5, 5.41) is 12.4. The molecule has 7 nitrogen and oxygen atoms in total. The Morgan fingerprint density at radius 3 is 2.56 bits per heavy atom. The van der Waals surface area contributed by atoms with Crippen LogP contribution in [0, 0.1) is 17.7 Å². The number of benzene rings is 2. The van der Waals surface area contributed by atoms with Crippen molar-refractivity contribution in [2.75, 3.05) is 38.2 Å². The van der Waals surface area contributed by atoms with Gasteiger partial charge >= 0.3 is 6.01 Å². The number of halogens is 2. The third-order valence-electron chi connectivity index (χ3n) is 9.29. The highest BCUT2D eigenvalue weighted by molar-refractivity contribution is 5.99. The number of alkyl halides is 1. The Balaban J connectivity index is 0.000000260. The predicted octanol–water partition coefficient (Wildman–Crippen LogP) is 6.13. The number of ether oxygens (including phenoxy) is 1. The molecule has 0 amide bonds. The molecule has 0 radical (unpaired) electrons. The molecule has 8 rings (SSSR count). The number of aromatic nitrogens is 3. The van der Waals surface area contributed by atoms with Crippen molar-refractivity contribution in [3.05, 3.63) is 48.4 Å². The van der Waals surface area contributed by atoms with E-state index in [1.54, 1.807) is 18.3 Å². The van der Waals surface area contributed by atoms with Gasteiger partial charge in [-0.15, -0.1) is 0 Å². The maximum absolute atomic E-state index is 15.9. The number of phenols is 1. The first-order valence-corrected chi connectivity index (χ1v) is 14.7. The fourth-order valence-electron chi connectivity index (χ4n) is 7.44. The van der Waals surface area contributed by atoms with Crippen molar-refractivity contribution in [1.82, 2.24) is 19.9 Å². The van der Waals surface area contributed by atoms with E-state index in [0.717, 1.165) is 36.8 Å². The lowest BCUT2D eigenvalue weighted by molar-refractivity contribution is 0.292. The van der Waals surface area contributed by atoms with Gasteiger partial charge in [-0.1, -0.05) is 24.3 Å². The largest absolute Gasteiger partial charge is 0.508 e. The summed E-state index contributed by atoms with van der Waals surface area (Å²) in [6.45, 7) is 3.68. The van der Waals surface area contributed by atoms with Gasteiger partial charge in [0.05, 0.1) is 12.5 Å². The standard InChI is InChI=1S/C25H23FN4O2.C7H12FN/c1-32-25-28-23-20(24(29-25)30-12-14-6-7-15(8-14)13-30)11-27-22(21(23)26)19-10-17(31)9-16-4-2-3-5-18(16)19;8-6-4-7-2-1-3-9(7)5-6/h2-5,9-11,14-15,31H,6-8,12-13H2,1H3;6-7H,1-5H2. The summed E-state index contributed by atoms with van der Waals surface area (Å²) in [7, 11) is 1.49. The second kappa shape index (κ2) is 10.7. The van der Waals surface area contributed by atoms with Crippen LogP contribution in [0.15, 0.2) is 42.6 Å². The molecule has 2 aromatic heterocycles. The number of methoxy groups -OCH3 is 1. The second-order valence-corrected chi connectivity index (χ2v) is 12.0. The van der Waals surface area contributed by atoms with Crippen molar-refractivity contribution in [1.29, 1.82) is 0 Å². The van der Waals surface area contributed by atoms with Crippen LogP contribution in [0.1, 0.15) is 38.5 Å². The maximum Gasteiger partial charge on any atom is 0.318 e. The minimum Gasteiger partial charge on any atom is -0.508 e. The molecular formula is C32H35F2N5O2. The maximum atomic E-state index is 15.9. The Hall–Kier alpha value is -3.59. The Kier molecular flexibility index (Phi) is 6.85. The number of pyridine rings is 1. The molecule has 4 atom stereocenters. The van der Waals surface area contributed by atoms with Crippen LogP contribution in [-0.4, -0.2) is 70.5 Å². The second-order valence-electron chi connectivity index (χ2n) is 12.0. The van der Waals surface area contributed by atoms with Gasteiger partial charge in [-0.2, -0.15) is 9.97 Å². The predicted molar refractivity (Wildman–Crippen MR) is 156 cm³/mol. The van der Waals surface area contributed by atoms with Crippen LogP contribution in [0.25, 0.3) is 32.9 Å². The number of aromatic hydroxyl groups is 1. The molecule has 214 valence electrons. The van der Waals surface area contributed by atoms with Gasteiger partial charge in [-0.25, -0.2) is 8.78 Å². The molecule has 4 fully saturated rings. The normalized spacial score (nSPS) is 25.4. The molecule has 4 unspecified atom stereocenters. The summed E-state index contributed by atoms with van der Waals surface area (Å²) in [6, 6.07) is 11.5. The number of nitrogens with zero attached hydrogens (tertiary/aromatic N) is 5. The number of anilines is 1. The third kappa shape index (κ3) is 4.94. The average Bonchev–Trinajstić information content (AvgIpc) is 3.66. The smallest absolute Gasteiger partial charge is 0.318 e. The van der Waals surface area contributed by atoms with E-state index in [4.69, 9.17) is 4.74 Å². The van der Waals surface area contributed by atoms with Gasteiger partial charge in [-0.3, -0.25) is 9.88 Å². The van der Waals surface area contributed by atoms with Gasteiger partial charge in [0, 0.05) is 37.4 Å². The van der Waals surface area contributed by atoms with Crippen molar-refractivity contribution in [3.63, 3.8) is 0 Å². The summed E-state index contributed by atoms with van der Waals surface area (Å²) in [6.07, 6.45) is 8.20. The zero-order valence-electron chi connectivity index (χ0n) is 23.3. The van der Waals surface area contributed by atoms with E-state index in [-0.39, 0.29) is 23.0 Å². The molecule has 5 heterocycles. The molecule has 3 saturated heterocycles. The average molecular weight is 560 g/mol. The van der Waals surface area contributed by atoms with Gasteiger partial charge in [0.1, 0.15) is 28.9 Å². The molecule has 9 heteroatoms. The number of rotatable bonds is 3. The highest BCUT2D eigenvalue weighted by atomic mass is 19.1. The van der Waals surface area contributed by atoms with E-state index < -0.39 is 12.0 Å². The SMILES string of the molecule is COc1nc(N2CC3CCC(C3)C2)c2cnc(-c3cc(O)cc4ccccc34)c(F)c2n1.FC1CC2CCCN2C1. The number of fused-ring (bicyclic) bond motifs is 5. The van der Waals surface area contributed by atoms with Gasteiger partial charge in [0.2, 0.25) is 0 Å². The molecule has 1 N–H and O–H groups in total. The van der Waals surface area contributed by atoms with Crippen molar-refractivity contribution in [2.45, 2.75) is 50.7 Å². The van der Waals surface area contributed by atoms with Gasteiger partial charge in [-0.05, 0) is 79.8 Å². The number of piperidine rings is 1. The van der Waals surface area contributed by atoms with Crippen molar-refractivity contribution in [3.8, 4) is 23.0 Å².